The van der Waals surface area contributed by atoms with E-state index < -0.39 is 0 Å². The normalized spacial score (nSPS) is 29.9. The lowest BCUT2D eigenvalue weighted by atomic mass is 9.95. The first-order chi connectivity index (χ1) is 11.2. The minimum Gasteiger partial charge on any atom is -0.373 e. The van der Waals surface area contributed by atoms with E-state index >= 15 is 0 Å². The number of hydrogen-bond donors (Lipinski definition) is 2. The van der Waals surface area contributed by atoms with E-state index in [0.29, 0.717) is 18.2 Å². The van der Waals surface area contributed by atoms with Crippen molar-refractivity contribution in [3.05, 3.63) is 35.6 Å². The Morgan fingerprint density at radius 2 is 2.04 bits per heavy atom. The Morgan fingerprint density at radius 3 is 2.58 bits per heavy atom. The number of hydrogen-bond acceptors (Lipinski definition) is 2. The second kappa shape index (κ2) is 7.15. The summed E-state index contributed by atoms with van der Waals surface area (Å²) in [6.07, 6.45) is 6.48. The summed E-state index contributed by atoms with van der Waals surface area (Å²) >= 11 is 0. The summed E-state index contributed by atoms with van der Waals surface area (Å²) in [4.78, 5) is 4.35. The van der Waals surface area contributed by atoms with Crippen LogP contribution in [0.4, 0.5) is 4.39 Å². The van der Waals surface area contributed by atoms with Crippen molar-refractivity contribution in [3.8, 4) is 0 Å². The van der Waals surface area contributed by atoms with Crippen LogP contribution in [0.1, 0.15) is 37.7 Å². The zero-order chi connectivity index (χ0) is 15.9. The largest absolute Gasteiger partial charge is 0.373 e. The molecule has 3 atom stereocenters. The molecule has 2 heterocycles. The number of guanidine groups is 1. The Bertz CT molecular complexity index is 603. The van der Waals surface area contributed by atoms with Gasteiger partial charge in [-0.1, -0.05) is 12.1 Å². The van der Waals surface area contributed by atoms with E-state index in [1.165, 1.54) is 12.0 Å². The molecule has 0 spiro atoms. The van der Waals surface area contributed by atoms with Crippen LogP contribution in [0.15, 0.2) is 29.3 Å². The number of nitrogens with one attached hydrogen (secondary N) is 2. The predicted octanol–water partition coefficient (Wildman–Crippen LogP) is 2.96. The lowest BCUT2D eigenvalue weighted by Crippen LogP contribution is -2.49. The molecular formula is C18H25FIN3O. The van der Waals surface area contributed by atoms with Gasteiger partial charge in [0.15, 0.2) is 5.96 Å². The van der Waals surface area contributed by atoms with Crippen LogP contribution in [0.25, 0.3) is 0 Å². The highest BCUT2D eigenvalue weighted by molar-refractivity contribution is 14.0. The van der Waals surface area contributed by atoms with Gasteiger partial charge in [0.1, 0.15) is 5.82 Å². The summed E-state index contributed by atoms with van der Waals surface area (Å²) in [6.45, 7) is 0.833. The molecule has 2 saturated heterocycles. The zero-order valence-electron chi connectivity index (χ0n) is 13.9. The molecule has 3 fully saturated rings. The van der Waals surface area contributed by atoms with E-state index in [-0.39, 0.29) is 35.2 Å². The molecule has 4 nitrogen and oxygen atoms in total. The molecule has 0 radical (unpaired) electrons. The average molecular weight is 445 g/mol. The van der Waals surface area contributed by atoms with E-state index in [1.807, 2.05) is 12.1 Å². The van der Waals surface area contributed by atoms with Crippen LogP contribution >= 0.6 is 24.0 Å². The lowest BCUT2D eigenvalue weighted by molar-refractivity contribution is 0.0992. The number of ether oxygens (including phenoxy) is 1. The van der Waals surface area contributed by atoms with Crippen molar-refractivity contribution in [1.29, 1.82) is 0 Å². The molecule has 3 unspecified atom stereocenters. The fraction of sp³-hybridized carbons (Fsp3) is 0.611. The molecule has 24 heavy (non-hydrogen) atoms. The number of nitrogens with zero attached hydrogens (tertiary/aromatic N) is 1. The van der Waals surface area contributed by atoms with Gasteiger partial charge in [-0.05, 0) is 49.8 Å². The quantitative estimate of drug-likeness (QED) is 0.426. The molecule has 6 heteroatoms. The third-order valence-electron chi connectivity index (χ3n) is 5.56. The van der Waals surface area contributed by atoms with E-state index in [2.05, 4.69) is 15.6 Å². The fourth-order valence-corrected chi connectivity index (χ4v) is 3.93. The fourth-order valence-electron chi connectivity index (χ4n) is 3.93. The Morgan fingerprint density at radius 1 is 1.29 bits per heavy atom. The third kappa shape index (κ3) is 3.54. The average Bonchev–Trinajstić information content (AvgIpc) is 3.06. The van der Waals surface area contributed by atoms with Gasteiger partial charge in [-0.3, -0.25) is 4.99 Å². The van der Waals surface area contributed by atoms with Crippen LogP contribution in [0.3, 0.4) is 0 Å². The number of halogens is 2. The summed E-state index contributed by atoms with van der Waals surface area (Å²) in [7, 11) is 1.81. The topological polar surface area (TPSA) is 45.7 Å². The maximum Gasteiger partial charge on any atom is 0.191 e. The molecule has 4 rings (SSSR count). The predicted molar refractivity (Wildman–Crippen MR) is 104 cm³/mol. The highest BCUT2D eigenvalue weighted by atomic mass is 127. The van der Waals surface area contributed by atoms with Crippen molar-refractivity contribution in [2.45, 2.75) is 55.8 Å². The van der Waals surface area contributed by atoms with Gasteiger partial charge in [-0.2, -0.15) is 0 Å². The Labute approximate surface area is 159 Å². The minimum absolute atomic E-state index is 0. The first-order valence-corrected chi connectivity index (χ1v) is 8.57. The van der Waals surface area contributed by atoms with Crippen molar-refractivity contribution in [2.75, 3.05) is 13.6 Å². The standard InChI is InChI=1S/C18H24FN3O.HI/c1-20-17(22-15-10-14-6-7-16(15)23-14)21-11-18(8-9-18)12-2-4-13(19)5-3-12;/h2-5,14-16H,6-11H2,1H3,(H2,20,21,22);1H. The van der Waals surface area contributed by atoms with Gasteiger partial charge in [0.25, 0.3) is 0 Å². The lowest BCUT2D eigenvalue weighted by Gasteiger charge is -2.24. The number of benzene rings is 1. The molecule has 0 aromatic heterocycles. The van der Waals surface area contributed by atoms with E-state index in [9.17, 15) is 4.39 Å². The van der Waals surface area contributed by atoms with Crippen LogP contribution in [0.2, 0.25) is 0 Å². The number of rotatable bonds is 4. The highest BCUT2D eigenvalue weighted by Gasteiger charge is 2.45. The summed E-state index contributed by atoms with van der Waals surface area (Å²) < 4.78 is 19.0. The van der Waals surface area contributed by atoms with Crippen molar-refractivity contribution >= 4 is 29.9 Å². The van der Waals surface area contributed by atoms with Gasteiger partial charge in [0, 0.05) is 19.0 Å². The molecule has 0 amide bonds. The van der Waals surface area contributed by atoms with Crippen LogP contribution in [0, 0.1) is 5.82 Å². The summed E-state index contributed by atoms with van der Waals surface area (Å²) in [5, 5.41) is 6.97. The van der Waals surface area contributed by atoms with Crippen molar-refractivity contribution in [3.63, 3.8) is 0 Å². The molecule has 1 aliphatic carbocycles. The van der Waals surface area contributed by atoms with Gasteiger partial charge >= 0.3 is 0 Å². The molecule has 2 N–H and O–H groups in total. The second-order valence-corrected chi connectivity index (χ2v) is 7.07. The maximum atomic E-state index is 13.1. The molecule has 132 valence electrons. The first-order valence-electron chi connectivity index (χ1n) is 8.57. The first kappa shape index (κ1) is 17.9. The Hall–Kier alpha value is -0.890. The van der Waals surface area contributed by atoms with Gasteiger partial charge in [-0.25, -0.2) is 4.39 Å². The molecular weight excluding hydrogens is 420 g/mol. The van der Waals surface area contributed by atoms with Crippen LogP contribution in [-0.4, -0.2) is 37.8 Å². The van der Waals surface area contributed by atoms with E-state index in [0.717, 1.165) is 38.2 Å². The summed E-state index contributed by atoms with van der Waals surface area (Å²) in [5.74, 6) is 0.672. The van der Waals surface area contributed by atoms with Gasteiger partial charge in [0.2, 0.25) is 0 Å². The maximum absolute atomic E-state index is 13.1. The minimum atomic E-state index is -0.175. The third-order valence-corrected chi connectivity index (χ3v) is 5.56. The Balaban J connectivity index is 0.00000169. The number of aliphatic imine (C=N–C) groups is 1. The molecule has 1 aromatic rings. The summed E-state index contributed by atoms with van der Waals surface area (Å²) in [5.41, 5.74) is 1.35. The molecule has 2 bridgehead atoms. The SMILES string of the molecule is CN=C(NCC1(c2ccc(F)cc2)CC1)NC1CC2CCC1O2.I. The van der Waals surface area contributed by atoms with E-state index in [4.69, 9.17) is 4.74 Å². The van der Waals surface area contributed by atoms with Crippen molar-refractivity contribution in [2.24, 2.45) is 4.99 Å². The number of fused-ring (bicyclic) bond motifs is 2. The van der Waals surface area contributed by atoms with Crippen LogP contribution < -0.4 is 10.6 Å². The molecule has 2 aliphatic heterocycles. The van der Waals surface area contributed by atoms with Crippen molar-refractivity contribution in [1.82, 2.24) is 10.6 Å². The smallest absolute Gasteiger partial charge is 0.191 e. The molecule has 1 saturated carbocycles. The van der Waals surface area contributed by atoms with Gasteiger partial charge < -0.3 is 15.4 Å². The van der Waals surface area contributed by atoms with Crippen LogP contribution in [0.5, 0.6) is 0 Å². The summed E-state index contributed by atoms with van der Waals surface area (Å²) in [6, 6.07) is 7.29. The van der Waals surface area contributed by atoms with E-state index in [1.54, 1.807) is 19.2 Å². The second-order valence-electron chi connectivity index (χ2n) is 7.07. The highest BCUT2D eigenvalue weighted by Crippen LogP contribution is 2.47. The van der Waals surface area contributed by atoms with Gasteiger partial charge in [0.05, 0.1) is 18.2 Å². The Kier molecular flexibility index (Phi) is 5.34. The van der Waals surface area contributed by atoms with Crippen LogP contribution in [-0.2, 0) is 10.2 Å². The molecule has 1 aromatic carbocycles. The zero-order valence-corrected chi connectivity index (χ0v) is 16.3. The van der Waals surface area contributed by atoms with Crippen molar-refractivity contribution < 1.29 is 9.13 Å². The van der Waals surface area contributed by atoms with Gasteiger partial charge in [-0.15, -0.1) is 24.0 Å². The monoisotopic (exact) mass is 445 g/mol. The molecule has 3 aliphatic rings.